The van der Waals surface area contributed by atoms with Gasteiger partial charge in [0, 0.05) is 23.9 Å². The monoisotopic (exact) mass is 289 g/mol. The summed E-state index contributed by atoms with van der Waals surface area (Å²) >= 11 is 1.71. The quantitative estimate of drug-likeness (QED) is 0.851. The van der Waals surface area contributed by atoms with Crippen LogP contribution in [0, 0.1) is 0 Å². The van der Waals surface area contributed by atoms with E-state index in [9.17, 15) is 0 Å². The maximum absolute atomic E-state index is 5.60. The average Bonchev–Trinajstić information content (AvgIpc) is 2.94. The van der Waals surface area contributed by atoms with Gasteiger partial charge in [-0.15, -0.1) is 11.3 Å². The summed E-state index contributed by atoms with van der Waals surface area (Å²) in [6, 6.07) is 8.57. The Balaban J connectivity index is 2.26. The fourth-order valence-corrected chi connectivity index (χ4v) is 3.16. The molecule has 108 valence electrons. The van der Waals surface area contributed by atoms with Gasteiger partial charge in [0.2, 0.25) is 0 Å². The van der Waals surface area contributed by atoms with E-state index in [1.807, 2.05) is 0 Å². The van der Waals surface area contributed by atoms with Crippen molar-refractivity contribution in [1.29, 1.82) is 0 Å². The van der Waals surface area contributed by atoms with Crippen LogP contribution in [-0.2, 0) is 13.0 Å². The first-order chi connectivity index (χ1) is 9.78. The molecule has 2 aromatic rings. The second-order valence-electron chi connectivity index (χ2n) is 4.80. The van der Waals surface area contributed by atoms with Gasteiger partial charge in [0.25, 0.3) is 0 Å². The van der Waals surface area contributed by atoms with E-state index in [2.05, 4.69) is 48.4 Å². The molecule has 0 saturated heterocycles. The Bertz CT molecular complexity index is 532. The molecule has 1 aromatic carbocycles. The van der Waals surface area contributed by atoms with Gasteiger partial charge in [0.1, 0.15) is 5.01 Å². The zero-order valence-electron chi connectivity index (χ0n) is 12.3. The van der Waals surface area contributed by atoms with Crippen LogP contribution in [-0.4, -0.2) is 29.5 Å². The van der Waals surface area contributed by atoms with Gasteiger partial charge in [0.15, 0.2) is 0 Å². The molecule has 1 aromatic heterocycles. The fraction of sp³-hybridized carbons (Fsp3) is 0.438. The van der Waals surface area contributed by atoms with Crippen LogP contribution < -0.4 is 5.73 Å². The van der Waals surface area contributed by atoms with Crippen molar-refractivity contribution in [1.82, 2.24) is 9.88 Å². The normalized spacial score (nSPS) is 11.2. The molecule has 4 heteroatoms. The molecule has 0 amide bonds. The van der Waals surface area contributed by atoms with Crippen molar-refractivity contribution < 1.29 is 0 Å². The minimum absolute atomic E-state index is 0.657. The van der Waals surface area contributed by atoms with Crippen molar-refractivity contribution in [2.75, 3.05) is 19.6 Å². The maximum Gasteiger partial charge on any atom is 0.123 e. The van der Waals surface area contributed by atoms with Crippen LogP contribution in [0.25, 0.3) is 10.6 Å². The summed E-state index contributed by atoms with van der Waals surface area (Å²) in [6.45, 7) is 8.19. The van der Waals surface area contributed by atoms with E-state index in [-0.39, 0.29) is 0 Å². The third kappa shape index (κ3) is 3.66. The molecule has 0 aliphatic rings. The zero-order valence-corrected chi connectivity index (χ0v) is 13.1. The SMILES string of the molecule is CCN(CC)Cc1ccccc1-c1nc(CCN)cs1. The summed E-state index contributed by atoms with van der Waals surface area (Å²) < 4.78 is 0. The highest BCUT2D eigenvalue weighted by Gasteiger charge is 2.11. The lowest BCUT2D eigenvalue weighted by Crippen LogP contribution is -2.22. The minimum atomic E-state index is 0.657. The number of nitrogens with zero attached hydrogens (tertiary/aromatic N) is 2. The molecule has 2 rings (SSSR count). The Hall–Kier alpha value is -1.23. The van der Waals surface area contributed by atoms with E-state index < -0.39 is 0 Å². The Labute approximate surface area is 125 Å². The van der Waals surface area contributed by atoms with E-state index in [1.54, 1.807) is 11.3 Å². The van der Waals surface area contributed by atoms with Gasteiger partial charge in [-0.3, -0.25) is 4.90 Å². The summed E-state index contributed by atoms with van der Waals surface area (Å²) in [6.07, 6.45) is 0.856. The molecule has 0 aliphatic carbocycles. The Morgan fingerprint density at radius 1 is 1.20 bits per heavy atom. The molecule has 0 saturated carbocycles. The Morgan fingerprint density at radius 2 is 1.95 bits per heavy atom. The first-order valence-electron chi connectivity index (χ1n) is 7.23. The molecule has 0 bridgehead atoms. The highest BCUT2D eigenvalue weighted by Crippen LogP contribution is 2.28. The van der Waals surface area contributed by atoms with Crippen LogP contribution in [0.2, 0.25) is 0 Å². The number of nitrogens with two attached hydrogens (primary N) is 1. The first kappa shape index (κ1) is 15.2. The number of thiazole rings is 1. The summed E-state index contributed by atoms with van der Waals surface area (Å²) in [5, 5.41) is 3.23. The van der Waals surface area contributed by atoms with Crippen LogP contribution in [0.15, 0.2) is 29.6 Å². The minimum Gasteiger partial charge on any atom is -0.330 e. The molecule has 0 spiro atoms. The number of hydrogen-bond donors (Lipinski definition) is 1. The summed E-state index contributed by atoms with van der Waals surface area (Å²) in [5.74, 6) is 0. The van der Waals surface area contributed by atoms with Crippen LogP contribution in [0.5, 0.6) is 0 Å². The summed E-state index contributed by atoms with van der Waals surface area (Å²) in [4.78, 5) is 7.13. The lowest BCUT2D eigenvalue weighted by atomic mass is 10.1. The molecule has 0 aliphatic heterocycles. The number of benzene rings is 1. The van der Waals surface area contributed by atoms with E-state index in [0.29, 0.717) is 6.54 Å². The lowest BCUT2D eigenvalue weighted by Gasteiger charge is -2.19. The molecule has 0 radical (unpaired) electrons. The van der Waals surface area contributed by atoms with Gasteiger partial charge in [-0.2, -0.15) is 0 Å². The van der Waals surface area contributed by atoms with E-state index in [1.165, 1.54) is 11.1 Å². The molecule has 0 unspecified atom stereocenters. The maximum atomic E-state index is 5.60. The lowest BCUT2D eigenvalue weighted by molar-refractivity contribution is 0.296. The predicted octanol–water partition coefficient (Wildman–Crippen LogP) is 3.15. The Morgan fingerprint density at radius 3 is 2.65 bits per heavy atom. The molecule has 3 nitrogen and oxygen atoms in total. The van der Waals surface area contributed by atoms with Crippen molar-refractivity contribution in [2.24, 2.45) is 5.73 Å². The number of aromatic nitrogens is 1. The summed E-state index contributed by atoms with van der Waals surface area (Å²) in [5.41, 5.74) is 9.31. The zero-order chi connectivity index (χ0) is 14.4. The molecule has 20 heavy (non-hydrogen) atoms. The predicted molar refractivity (Wildman–Crippen MR) is 86.9 cm³/mol. The van der Waals surface area contributed by atoms with Crippen LogP contribution in [0.3, 0.4) is 0 Å². The highest BCUT2D eigenvalue weighted by molar-refractivity contribution is 7.13. The van der Waals surface area contributed by atoms with Gasteiger partial charge in [-0.25, -0.2) is 4.98 Å². The fourth-order valence-electron chi connectivity index (χ4n) is 2.25. The van der Waals surface area contributed by atoms with Crippen LogP contribution >= 0.6 is 11.3 Å². The van der Waals surface area contributed by atoms with Crippen molar-refractivity contribution in [3.63, 3.8) is 0 Å². The second-order valence-corrected chi connectivity index (χ2v) is 5.66. The van der Waals surface area contributed by atoms with Crippen LogP contribution in [0.1, 0.15) is 25.1 Å². The standard InChI is InChI=1S/C16H23N3S/c1-3-19(4-2)11-13-7-5-6-8-15(13)16-18-14(9-10-17)12-20-16/h5-8,12H,3-4,9-11,17H2,1-2H3. The van der Waals surface area contributed by atoms with Crippen molar-refractivity contribution in [2.45, 2.75) is 26.8 Å². The van der Waals surface area contributed by atoms with Crippen molar-refractivity contribution >= 4 is 11.3 Å². The van der Waals surface area contributed by atoms with Gasteiger partial charge >= 0.3 is 0 Å². The molecular formula is C16H23N3S. The van der Waals surface area contributed by atoms with Crippen LogP contribution in [0.4, 0.5) is 0 Å². The largest absolute Gasteiger partial charge is 0.330 e. The van der Waals surface area contributed by atoms with E-state index in [0.717, 1.165) is 36.8 Å². The topological polar surface area (TPSA) is 42.2 Å². The third-order valence-electron chi connectivity index (χ3n) is 3.49. The smallest absolute Gasteiger partial charge is 0.123 e. The highest BCUT2D eigenvalue weighted by atomic mass is 32.1. The molecule has 1 heterocycles. The Kier molecular flexibility index (Phi) is 5.71. The number of hydrogen-bond acceptors (Lipinski definition) is 4. The molecular weight excluding hydrogens is 266 g/mol. The van der Waals surface area contributed by atoms with Crippen molar-refractivity contribution in [3.8, 4) is 10.6 Å². The van der Waals surface area contributed by atoms with E-state index in [4.69, 9.17) is 10.7 Å². The summed E-state index contributed by atoms with van der Waals surface area (Å²) in [7, 11) is 0. The first-order valence-corrected chi connectivity index (χ1v) is 8.11. The third-order valence-corrected chi connectivity index (χ3v) is 4.41. The molecule has 0 fully saturated rings. The van der Waals surface area contributed by atoms with Gasteiger partial charge < -0.3 is 5.73 Å². The van der Waals surface area contributed by atoms with Gasteiger partial charge in [-0.1, -0.05) is 38.1 Å². The molecule has 2 N–H and O–H groups in total. The second kappa shape index (κ2) is 7.53. The van der Waals surface area contributed by atoms with E-state index >= 15 is 0 Å². The van der Waals surface area contributed by atoms with Gasteiger partial charge in [-0.05, 0) is 25.2 Å². The number of rotatable bonds is 7. The average molecular weight is 289 g/mol. The molecule has 0 atom stereocenters. The van der Waals surface area contributed by atoms with Crippen molar-refractivity contribution in [3.05, 3.63) is 40.9 Å². The van der Waals surface area contributed by atoms with Gasteiger partial charge in [0.05, 0.1) is 5.69 Å².